The van der Waals surface area contributed by atoms with E-state index in [-0.39, 0.29) is 5.82 Å². The molecule has 0 aromatic heterocycles. The molecule has 1 aliphatic carbocycles. The van der Waals surface area contributed by atoms with Crippen molar-refractivity contribution in [2.75, 3.05) is 13.6 Å². The van der Waals surface area contributed by atoms with Crippen molar-refractivity contribution in [3.63, 3.8) is 0 Å². The Hall–Kier alpha value is -0.890. The third-order valence-electron chi connectivity index (χ3n) is 3.02. The smallest absolute Gasteiger partial charge is 0.123 e. The number of halogens is 1. The molecule has 0 amide bonds. The van der Waals surface area contributed by atoms with Gasteiger partial charge in [-0.3, -0.25) is 0 Å². The van der Waals surface area contributed by atoms with E-state index in [0.717, 1.165) is 18.0 Å². The zero-order valence-corrected chi connectivity index (χ0v) is 8.68. The molecule has 2 heteroatoms. The SMILES string of the molecule is CNCC1CC1c1ccc(F)cc1C. The van der Waals surface area contributed by atoms with E-state index in [9.17, 15) is 4.39 Å². The molecule has 1 aromatic rings. The van der Waals surface area contributed by atoms with Crippen molar-refractivity contribution in [3.05, 3.63) is 35.1 Å². The van der Waals surface area contributed by atoms with Gasteiger partial charge in [-0.25, -0.2) is 4.39 Å². The van der Waals surface area contributed by atoms with Crippen LogP contribution >= 0.6 is 0 Å². The number of benzene rings is 1. The van der Waals surface area contributed by atoms with Crippen molar-refractivity contribution in [1.82, 2.24) is 5.32 Å². The number of hydrogen-bond acceptors (Lipinski definition) is 1. The summed E-state index contributed by atoms with van der Waals surface area (Å²) in [6, 6.07) is 5.13. The van der Waals surface area contributed by atoms with Gasteiger partial charge in [0.1, 0.15) is 5.82 Å². The molecule has 1 nitrogen and oxygen atoms in total. The molecule has 1 fully saturated rings. The molecule has 14 heavy (non-hydrogen) atoms. The Morgan fingerprint density at radius 2 is 2.29 bits per heavy atom. The van der Waals surface area contributed by atoms with Crippen LogP contribution in [0.15, 0.2) is 18.2 Å². The first-order valence-corrected chi connectivity index (χ1v) is 5.13. The summed E-state index contributed by atoms with van der Waals surface area (Å²) < 4.78 is 12.9. The fourth-order valence-corrected chi connectivity index (χ4v) is 2.17. The van der Waals surface area contributed by atoms with Crippen molar-refractivity contribution in [3.8, 4) is 0 Å². The maximum absolute atomic E-state index is 12.9. The summed E-state index contributed by atoms with van der Waals surface area (Å²) in [6.45, 7) is 3.06. The summed E-state index contributed by atoms with van der Waals surface area (Å²) in [4.78, 5) is 0. The van der Waals surface area contributed by atoms with Crippen LogP contribution in [0.2, 0.25) is 0 Å². The van der Waals surface area contributed by atoms with Crippen molar-refractivity contribution in [2.45, 2.75) is 19.3 Å². The Morgan fingerprint density at radius 1 is 1.50 bits per heavy atom. The summed E-state index contributed by atoms with van der Waals surface area (Å²) in [7, 11) is 1.98. The molecular weight excluding hydrogens is 177 g/mol. The molecule has 1 saturated carbocycles. The van der Waals surface area contributed by atoms with Gasteiger partial charge in [-0.15, -0.1) is 0 Å². The number of hydrogen-bond donors (Lipinski definition) is 1. The lowest BCUT2D eigenvalue weighted by Crippen LogP contribution is -2.10. The van der Waals surface area contributed by atoms with Crippen LogP contribution in [0.25, 0.3) is 0 Å². The van der Waals surface area contributed by atoms with Gasteiger partial charge in [0.05, 0.1) is 0 Å². The van der Waals surface area contributed by atoms with Crippen molar-refractivity contribution < 1.29 is 4.39 Å². The molecule has 1 N–H and O–H groups in total. The highest BCUT2D eigenvalue weighted by molar-refractivity contribution is 5.34. The minimum absolute atomic E-state index is 0.128. The van der Waals surface area contributed by atoms with Gasteiger partial charge in [-0.1, -0.05) is 6.07 Å². The highest BCUT2D eigenvalue weighted by atomic mass is 19.1. The van der Waals surface area contributed by atoms with Crippen LogP contribution in [0, 0.1) is 18.7 Å². The minimum Gasteiger partial charge on any atom is -0.319 e. The second-order valence-electron chi connectivity index (χ2n) is 4.16. The third-order valence-corrected chi connectivity index (χ3v) is 3.02. The standard InChI is InChI=1S/C12H16FN/c1-8-5-10(13)3-4-11(8)12-6-9(12)7-14-2/h3-5,9,12,14H,6-7H2,1-2H3. The van der Waals surface area contributed by atoms with E-state index in [1.165, 1.54) is 12.0 Å². The number of rotatable bonds is 3. The first-order valence-electron chi connectivity index (χ1n) is 5.13. The van der Waals surface area contributed by atoms with Gasteiger partial charge in [0, 0.05) is 0 Å². The fourth-order valence-electron chi connectivity index (χ4n) is 2.17. The van der Waals surface area contributed by atoms with Crippen LogP contribution in [0.4, 0.5) is 4.39 Å². The van der Waals surface area contributed by atoms with Gasteiger partial charge < -0.3 is 5.32 Å². The lowest BCUT2D eigenvalue weighted by atomic mass is 10.0. The van der Waals surface area contributed by atoms with E-state index in [1.54, 1.807) is 12.1 Å². The summed E-state index contributed by atoms with van der Waals surface area (Å²) in [5.74, 6) is 1.28. The normalized spacial score (nSPS) is 25.1. The molecule has 0 radical (unpaired) electrons. The van der Waals surface area contributed by atoms with Crippen LogP contribution in [0.1, 0.15) is 23.5 Å². The maximum Gasteiger partial charge on any atom is 0.123 e. The van der Waals surface area contributed by atoms with Gasteiger partial charge in [0.2, 0.25) is 0 Å². The molecule has 2 rings (SSSR count). The minimum atomic E-state index is -0.128. The molecule has 1 aromatic carbocycles. The van der Waals surface area contributed by atoms with E-state index in [0.29, 0.717) is 5.92 Å². The summed E-state index contributed by atoms with van der Waals surface area (Å²) in [6.07, 6.45) is 1.24. The van der Waals surface area contributed by atoms with Crippen LogP contribution in [0.5, 0.6) is 0 Å². The summed E-state index contributed by atoms with van der Waals surface area (Å²) >= 11 is 0. The van der Waals surface area contributed by atoms with Crippen molar-refractivity contribution in [2.24, 2.45) is 5.92 Å². The Balaban J connectivity index is 2.11. The lowest BCUT2D eigenvalue weighted by Gasteiger charge is -2.04. The quantitative estimate of drug-likeness (QED) is 0.777. The molecule has 0 aliphatic heterocycles. The van der Waals surface area contributed by atoms with Crippen LogP contribution in [-0.2, 0) is 0 Å². The Labute approximate surface area is 84.3 Å². The number of aryl methyl sites for hydroxylation is 1. The first kappa shape index (κ1) is 9.66. The van der Waals surface area contributed by atoms with Crippen LogP contribution in [-0.4, -0.2) is 13.6 Å². The highest BCUT2D eigenvalue weighted by Gasteiger charge is 2.38. The highest BCUT2D eigenvalue weighted by Crippen LogP contribution is 2.47. The number of nitrogens with one attached hydrogen (secondary N) is 1. The predicted molar refractivity (Wildman–Crippen MR) is 55.9 cm³/mol. The maximum atomic E-state index is 12.9. The van der Waals surface area contributed by atoms with Crippen molar-refractivity contribution in [1.29, 1.82) is 0 Å². The van der Waals surface area contributed by atoms with E-state index >= 15 is 0 Å². The third kappa shape index (κ3) is 1.80. The average Bonchev–Trinajstić information content (AvgIpc) is 2.84. The molecule has 76 valence electrons. The second-order valence-corrected chi connectivity index (χ2v) is 4.16. The molecule has 0 bridgehead atoms. The topological polar surface area (TPSA) is 12.0 Å². The molecule has 0 saturated heterocycles. The van der Waals surface area contributed by atoms with E-state index in [2.05, 4.69) is 5.32 Å². The zero-order valence-electron chi connectivity index (χ0n) is 8.68. The average molecular weight is 193 g/mol. The van der Waals surface area contributed by atoms with Crippen molar-refractivity contribution >= 4 is 0 Å². The van der Waals surface area contributed by atoms with Gasteiger partial charge in [-0.05, 0) is 62.0 Å². The molecule has 2 unspecified atom stereocenters. The molecule has 2 atom stereocenters. The predicted octanol–water partition coefficient (Wildman–Crippen LogP) is 2.46. The van der Waals surface area contributed by atoms with Gasteiger partial charge >= 0.3 is 0 Å². The molecule has 0 heterocycles. The van der Waals surface area contributed by atoms with E-state index in [4.69, 9.17) is 0 Å². The lowest BCUT2D eigenvalue weighted by molar-refractivity contribution is 0.625. The Kier molecular flexibility index (Phi) is 2.55. The second kappa shape index (κ2) is 3.70. The Morgan fingerprint density at radius 3 is 2.93 bits per heavy atom. The van der Waals surface area contributed by atoms with Crippen LogP contribution < -0.4 is 5.32 Å². The molecule has 1 aliphatic rings. The fraction of sp³-hybridized carbons (Fsp3) is 0.500. The van der Waals surface area contributed by atoms with Crippen LogP contribution in [0.3, 0.4) is 0 Å². The largest absolute Gasteiger partial charge is 0.319 e. The monoisotopic (exact) mass is 193 g/mol. The molecular formula is C12H16FN. The molecule has 0 spiro atoms. The van der Waals surface area contributed by atoms with Gasteiger partial charge in [-0.2, -0.15) is 0 Å². The van der Waals surface area contributed by atoms with Gasteiger partial charge in [0.15, 0.2) is 0 Å². The van der Waals surface area contributed by atoms with E-state index in [1.807, 2.05) is 20.0 Å². The van der Waals surface area contributed by atoms with Gasteiger partial charge in [0.25, 0.3) is 0 Å². The first-order chi connectivity index (χ1) is 6.72. The Bertz CT molecular complexity index is 335. The zero-order chi connectivity index (χ0) is 10.1. The summed E-state index contributed by atoms with van der Waals surface area (Å²) in [5.41, 5.74) is 2.42. The summed E-state index contributed by atoms with van der Waals surface area (Å²) in [5, 5.41) is 3.19. The van der Waals surface area contributed by atoms with E-state index < -0.39 is 0 Å².